The van der Waals surface area contributed by atoms with Crippen molar-refractivity contribution in [1.82, 2.24) is 0 Å². The van der Waals surface area contributed by atoms with E-state index in [4.69, 9.17) is 0 Å². The molecule has 0 radical (unpaired) electrons. The molecule has 0 spiro atoms. The summed E-state index contributed by atoms with van der Waals surface area (Å²) in [5.74, 6) is 0. The molecule has 0 amide bonds. The zero-order valence-electron chi connectivity index (χ0n) is 14.7. The Balaban J connectivity index is 1.97. The number of hydrogen-bond donors (Lipinski definition) is 1. The first-order valence-electron chi connectivity index (χ1n) is 8.44. The van der Waals surface area contributed by atoms with E-state index >= 15 is 4.39 Å². The molecule has 1 N–H and O–H groups in total. The van der Waals surface area contributed by atoms with Crippen LogP contribution in [0.4, 0.5) is 4.39 Å². The molecule has 2 nitrogen and oxygen atoms in total. The zero-order chi connectivity index (χ0) is 18.7. The Morgan fingerprint density at radius 3 is 2.08 bits per heavy atom. The Morgan fingerprint density at radius 1 is 0.846 bits per heavy atom. The first-order valence-corrected chi connectivity index (χ1v) is 9.59. The quantitative estimate of drug-likeness (QED) is 0.671. The highest BCUT2D eigenvalue weighted by Crippen LogP contribution is 2.37. The molecule has 0 aliphatic carbocycles. The number of halogens is 1. The second-order valence-corrected chi connectivity index (χ2v) is 7.77. The lowest BCUT2D eigenvalue weighted by molar-refractivity contribution is 0.0754. The summed E-state index contributed by atoms with van der Waals surface area (Å²) < 4.78 is 28.2. The van der Waals surface area contributed by atoms with Gasteiger partial charge in [0.15, 0.2) is 6.17 Å². The van der Waals surface area contributed by atoms with E-state index in [0.717, 1.165) is 11.1 Å². The molecule has 0 saturated heterocycles. The summed E-state index contributed by atoms with van der Waals surface area (Å²) in [6, 6.07) is 21.2. The third-order valence-electron chi connectivity index (χ3n) is 4.44. The number of benzene rings is 3. The van der Waals surface area contributed by atoms with Crippen molar-refractivity contribution < 1.29 is 13.7 Å². The van der Waals surface area contributed by atoms with Crippen LogP contribution in [0.25, 0.3) is 0 Å². The molecule has 1 unspecified atom stereocenters. The Labute approximate surface area is 155 Å². The summed E-state index contributed by atoms with van der Waals surface area (Å²) >= 11 is 0. The number of alkyl halides is 1. The molecule has 134 valence electrons. The normalized spacial score (nSPS) is 14.6. The van der Waals surface area contributed by atoms with Crippen LogP contribution < -0.4 is 0 Å². The van der Waals surface area contributed by atoms with E-state index in [-0.39, 0.29) is 5.56 Å². The van der Waals surface area contributed by atoms with Crippen LogP contribution >= 0.6 is 0 Å². The van der Waals surface area contributed by atoms with Crippen molar-refractivity contribution in [1.29, 1.82) is 0 Å². The average Bonchev–Trinajstić information content (AvgIpc) is 2.67. The van der Waals surface area contributed by atoms with Gasteiger partial charge in [0.1, 0.15) is 6.10 Å². The van der Waals surface area contributed by atoms with Crippen molar-refractivity contribution in [3.05, 3.63) is 95.1 Å². The van der Waals surface area contributed by atoms with Crippen LogP contribution in [0.5, 0.6) is 0 Å². The SMILES string of the molecule is Cc1ccc(S(=O)c2ccccc2[C@H](F)[C@H](O)c2ccccc2C)cc1. The van der Waals surface area contributed by atoms with Crippen molar-refractivity contribution >= 4 is 10.8 Å². The minimum Gasteiger partial charge on any atom is -0.385 e. The van der Waals surface area contributed by atoms with Crippen molar-refractivity contribution in [2.45, 2.75) is 35.9 Å². The van der Waals surface area contributed by atoms with Crippen LogP contribution in [-0.2, 0) is 10.8 Å². The van der Waals surface area contributed by atoms with Crippen LogP contribution in [-0.4, -0.2) is 9.32 Å². The monoisotopic (exact) mass is 368 g/mol. The van der Waals surface area contributed by atoms with Gasteiger partial charge in [-0.25, -0.2) is 8.60 Å². The molecule has 0 aliphatic rings. The fourth-order valence-corrected chi connectivity index (χ4v) is 4.15. The highest BCUT2D eigenvalue weighted by atomic mass is 32.2. The lowest BCUT2D eigenvalue weighted by atomic mass is 9.96. The van der Waals surface area contributed by atoms with E-state index in [1.165, 1.54) is 0 Å². The largest absolute Gasteiger partial charge is 0.385 e. The zero-order valence-corrected chi connectivity index (χ0v) is 15.5. The summed E-state index contributed by atoms with van der Waals surface area (Å²) in [5, 5.41) is 10.6. The number of aliphatic hydroxyl groups is 1. The lowest BCUT2D eigenvalue weighted by Crippen LogP contribution is -2.11. The van der Waals surface area contributed by atoms with Gasteiger partial charge in [-0.1, -0.05) is 60.2 Å². The molecule has 3 atom stereocenters. The maximum atomic E-state index is 15.2. The molecule has 0 aliphatic heterocycles. The van der Waals surface area contributed by atoms with Crippen molar-refractivity contribution in [3.8, 4) is 0 Å². The first kappa shape index (κ1) is 18.5. The summed E-state index contributed by atoms with van der Waals surface area (Å²) in [6.45, 7) is 3.79. The molecule has 0 bridgehead atoms. The van der Waals surface area contributed by atoms with E-state index in [1.54, 1.807) is 48.5 Å². The van der Waals surface area contributed by atoms with Gasteiger partial charge in [0.2, 0.25) is 0 Å². The minimum atomic E-state index is -1.67. The molecule has 4 heteroatoms. The number of rotatable bonds is 5. The summed E-state index contributed by atoms with van der Waals surface area (Å²) in [6.07, 6.45) is -2.98. The van der Waals surface area contributed by atoms with Crippen LogP contribution in [0.1, 0.15) is 34.5 Å². The van der Waals surface area contributed by atoms with Gasteiger partial charge in [-0.3, -0.25) is 0 Å². The Hall–Kier alpha value is -2.30. The molecule has 3 aromatic rings. The molecule has 0 fully saturated rings. The average molecular weight is 368 g/mol. The fraction of sp³-hybridized carbons (Fsp3) is 0.182. The predicted molar refractivity (Wildman–Crippen MR) is 102 cm³/mol. The first-order chi connectivity index (χ1) is 12.5. The molecule has 0 saturated carbocycles. The van der Waals surface area contributed by atoms with Gasteiger partial charge >= 0.3 is 0 Å². The van der Waals surface area contributed by atoms with Crippen LogP contribution in [0.2, 0.25) is 0 Å². The van der Waals surface area contributed by atoms with Gasteiger partial charge in [-0.2, -0.15) is 0 Å². The van der Waals surface area contributed by atoms with Crippen molar-refractivity contribution in [3.63, 3.8) is 0 Å². The third-order valence-corrected chi connectivity index (χ3v) is 5.91. The maximum absolute atomic E-state index is 15.2. The molecule has 0 heterocycles. The van der Waals surface area contributed by atoms with Crippen LogP contribution in [0.3, 0.4) is 0 Å². The van der Waals surface area contributed by atoms with Crippen LogP contribution in [0, 0.1) is 13.8 Å². The Kier molecular flexibility index (Phi) is 5.64. The van der Waals surface area contributed by atoms with Gasteiger partial charge in [-0.05, 0) is 43.2 Å². The van der Waals surface area contributed by atoms with E-state index in [2.05, 4.69) is 0 Å². The predicted octanol–water partition coefficient (Wildman–Crippen LogP) is 5.21. The van der Waals surface area contributed by atoms with Crippen molar-refractivity contribution in [2.75, 3.05) is 0 Å². The van der Waals surface area contributed by atoms with Gasteiger partial charge in [0.05, 0.1) is 10.8 Å². The van der Waals surface area contributed by atoms with Gasteiger partial charge in [-0.15, -0.1) is 0 Å². The fourth-order valence-electron chi connectivity index (χ4n) is 2.91. The third kappa shape index (κ3) is 3.76. The standard InChI is InChI=1S/C22H21FO2S/c1-15-11-13-17(14-12-15)26(25)20-10-6-5-9-19(20)21(23)22(24)18-8-4-3-7-16(18)2/h3-14,21-22,24H,1-2H3/t21-,22+,26?/m0/s1. The van der Waals surface area contributed by atoms with Gasteiger partial charge in [0.25, 0.3) is 0 Å². The minimum absolute atomic E-state index is 0.252. The second kappa shape index (κ2) is 7.94. The maximum Gasteiger partial charge on any atom is 0.156 e. The Morgan fingerprint density at radius 2 is 1.42 bits per heavy atom. The molecule has 26 heavy (non-hydrogen) atoms. The van der Waals surface area contributed by atoms with E-state index in [9.17, 15) is 9.32 Å². The van der Waals surface area contributed by atoms with E-state index < -0.39 is 23.1 Å². The molecule has 0 aromatic heterocycles. The summed E-state index contributed by atoms with van der Waals surface area (Å²) in [5.41, 5.74) is 2.68. The van der Waals surface area contributed by atoms with Crippen LogP contribution in [0.15, 0.2) is 82.6 Å². The lowest BCUT2D eigenvalue weighted by Gasteiger charge is -2.20. The summed E-state index contributed by atoms with van der Waals surface area (Å²) in [4.78, 5) is 0.997. The number of aryl methyl sites for hydroxylation is 2. The Bertz CT molecular complexity index is 921. The smallest absolute Gasteiger partial charge is 0.156 e. The highest BCUT2D eigenvalue weighted by Gasteiger charge is 2.27. The second-order valence-electron chi connectivity index (χ2n) is 6.32. The van der Waals surface area contributed by atoms with Gasteiger partial charge < -0.3 is 5.11 Å². The highest BCUT2D eigenvalue weighted by molar-refractivity contribution is 7.85. The van der Waals surface area contributed by atoms with E-state index in [1.807, 2.05) is 38.1 Å². The molecule has 3 aromatic carbocycles. The summed E-state index contributed by atoms with van der Waals surface area (Å²) in [7, 11) is -1.52. The van der Waals surface area contributed by atoms with E-state index in [0.29, 0.717) is 15.4 Å². The number of aliphatic hydroxyl groups excluding tert-OH is 1. The molecular weight excluding hydrogens is 347 g/mol. The van der Waals surface area contributed by atoms with Crippen molar-refractivity contribution in [2.24, 2.45) is 0 Å². The van der Waals surface area contributed by atoms with Gasteiger partial charge in [0, 0.05) is 15.4 Å². The number of hydrogen-bond acceptors (Lipinski definition) is 2. The molecule has 3 rings (SSSR count). The topological polar surface area (TPSA) is 37.3 Å². The molecular formula is C22H21FO2S.